The number of aromatic nitrogens is 1. The summed E-state index contributed by atoms with van der Waals surface area (Å²) >= 11 is 5.57. The number of halogens is 4. The van der Waals surface area contributed by atoms with E-state index in [1.807, 2.05) is 0 Å². The Hall–Kier alpha value is -1.80. The van der Waals surface area contributed by atoms with Gasteiger partial charge in [-0.1, -0.05) is 23.7 Å². The molecule has 2 aromatic rings. The van der Waals surface area contributed by atoms with Gasteiger partial charge in [-0.25, -0.2) is 8.42 Å². The zero-order valence-electron chi connectivity index (χ0n) is 11.5. The summed E-state index contributed by atoms with van der Waals surface area (Å²) < 4.78 is 61.5. The second-order valence-corrected chi connectivity index (χ2v) is 7.36. The molecule has 0 aliphatic rings. The first kappa shape index (κ1) is 17.6. The molecular formula is C14H11ClF3NO3S. The van der Waals surface area contributed by atoms with Crippen molar-refractivity contribution in [3.8, 4) is 0 Å². The summed E-state index contributed by atoms with van der Waals surface area (Å²) in [6, 6.07) is 6.50. The SMILES string of the molecule is O=c1[nH]c(Cl)ccc1CS(=O)(=O)Cc1ccc(C(F)(F)F)cc1. The van der Waals surface area contributed by atoms with Crippen LogP contribution in [0.15, 0.2) is 41.2 Å². The van der Waals surface area contributed by atoms with Crippen LogP contribution >= 0.6 is 11.6 Å². The molecule has 0 aliphatic carbocycles. The molecule has 0 amide bonds. The van der Waals surface area contributed by atoms with Crippen LogP contribution in [-0.4, -0.2) is 13.4 Å². The van der Waals surface area contributed by atoms with E-state index in [2.05, 4.69) is 4.98 Å². The van der Waals surface area contributed by atoms with Crippen molar-refractivity contribution in [2.45, 2.75) is 17.7 Å². The number of H-pyrrole nitrogens is 1. The molecule has 9 heteroatoms. The molecule has 1 aromatic carbocycles. The fourth-order valence-corrected chi connectivity index (χ4v) is 3.58. The average Bonchev–Trinajstić information content (AvgIpc) is 2.41. The molecule has 4 nitrogen and oxygen atoms in total. The normalized spacial score (nSPS) is 12.3. The molecule has 0 bridgehead atoms. The van der Waals surface area contributed by atoms with Gasteiger partial charge in [-0.3, -0.25) is 4.79 Å². The minimum atomic E-state index is -4.48. The lowest BCUT2D eigenvalue weighted by Gasteiger charge is -2.08. The predicted octanol–water partition coefficient (Wildman–Crippen LogP) is 3.16. The van der Waals surface area contributed by atoms with E-state index in [-0.39, 0.29) is 16.3 Å². The lowest BCUT2D eigenvalue weighted by molar-refractivity contribution is -0.137. The summed E-state index contributed by atoms with van der Waals surface area (Å²) in [4.78, 5) is 13.9. The van der Waals surface area contributed by atoms with Crippen LogP contribution in [-0.2, 0) is 27.5 Å². The first-order valence-corrected chi connectivity index (χ1v) is 8.51. The molecule has 0 unspecified atom stereocenters. The summed E-state index contributed by atoms with van der Waals surface area (Å²) in [5.41, 5.74) is -1.24. The van der Waals surface area contributed by atoms with Crippen LogP contribution in [0.25, 0.3) is 0 Å². The fourth-order valence-electron chi connectivity index (χ4n) is 1.93. The van der Waals surface area contributed by atoms with E-state index in [4.69, 9.17) is 11.6 Å². The van der Waals surface area contributed by atoms with E-state index < -0.39 is 38.6 Å². The molecule has 0 aliphatic heterocycles. The van der Waals surface area contributed by atoms with Crippen molar-refractivity contribution in [1.29, 1.82) is 0 Å². The van der Waals surface area contributed by atoms with Crippen LogP contribution in [0, 0.1) is 0 Å². The largest absolute Gasteiger partial charge is 0.416 e. The maximum Gasteiger partial charge on any atom is 0.416 e. The van der Waals surface area contributed by atoms with Crippen LogP contribution in [0.3, 0.4) is 0 Å². The molecule has 1 aromatic heterocycles. The highest BCUT2D eigenvalue weighted by Crippen LogP contribution is 2.29. The van der Waals surface area contributed by atoms with Gasteiger partial charge in [-0.15, -0.1) is 0 Å². The Labute approximate surface area is 134 Å². The lowest BCUT2D eigenvalue weighted by Crippen LogP contribution is -2.17. The van der Waals surface area contributed by atoms with Crippen LogP contribution in [0.5, 0.6) is 0 Å². The van der Waals surface area contributed by atoms with E-state index in [1.165, 1.54) is 12.1 Å². The molecule has 0 spiro atoms. The van der Waals surface area contributed by atoms with Crippen LogP contribution in [0.4, 0.5) is 13.2 Å². The standard InChI is InChI=1S/C14H11ClF3NO3S/c15-12-6-3-10(13(20)19-12)8-23(21,22)7-9-1-4-11(5-2-9)14(16,17)18/h1-6H,7-8H2,(H,19,20). The molecule has 0 saturated carbocycles. The monoisotopic (exact) mass is 365 g/mol. The zero-order chi connectivity index (χ0) is 17.3. The van der Waals surface area contributed by atoms with E-state index >= 15 is 0 Å². The Morgan fingerprint density at radius 1 is 1.00 bits per heavy atom. The van der Waals surface area contributed by atoms with Gasteiger partial charge in [0.1, 0.15) is 5.15 Å². The molecule has 0 fully saturated rings. The number of nitrogens with one attached hydrogen (secondary N) is 1. The van der Waals surface area contributed by atoms with Crippen molar-refractivity contribution in [1.82, 2.24) is 4.98 Å². The first-order valence-electron chi connectivity index (χ1n) is 6.31. The van der Waals surface area contributed by atoms with Crippen molar-refractivity contribution in [2.75, 3.05) is 0 Å². The highest BCUT2D eigenvalue weighted by molar-refractivity contribution is 7.89. The Bertz CT molecular complexity index is 858. The number of pyridine rings is 1. The van der Waals surface area contributed by atoms with Gasteiger partial charge in [-0.2, -0.15) is 13.2 Å². The molecule has 0 atom stereocenters. The topological polar surface area (TPSA) is 67.0 Å². The second-order valence-electron chi connectivity index (χ2n) is 4.89. The van der Waals surface area contributed by atoms with E-state index in [1.54, 1.807) is 0 Å². The number of benzene rings is 1. The lowest BCUT2D eigenvalue weighted by atomic mass is 10.1. The summed E-state index contributed by atoms with van der Waals surface area (Å²) in [5.74, 6) is -0.992. The van der Waals surface area contributed by atoms with Crippen LogP contribution in [0.1, 0.15) is 16.7 Å². The molecule has 0 radical (unpaired) electrons. The molecule has 2 rings (SSSR count). The highest BCUT2D eigenvalue weighted by atomic mass is 35.5. The Morgan fingerprint density at radius 2 is 1.61 bits per heavy atom. The minimum Gasteiger partial charge on any atom is -0.313 e. The fraction of sp³-hybridized carbons (Fsp3) is 0.214. The summed E-state index contributed by atoms with van der Waals surface area (Å²) in [7, 11) is -3.72. The van der Waals surface area contributed by atoms with Gasteiger partial charge in [0.05, 0.1) is 17.1 Å². The summed E-state index contributed by atoms with van der Waals surface area (Å²) in [6.07, 6.45) is -4.48. The third-order valence-corrected chi connectivity index (χ3v) is 4.74. The average molecular weight is 366 g/mol. The summed E-state index contributed by atoms with van der Waals surface area (Å²) in [5, 5.41) is 0.0823. The summed E-state index contributed by atoms with van der Waals surface area (Å²) in [6.45, 7) is 0. The van der Waals surface area contributed by atoms with Gasteiger partial charge in [0.25, 0.3) is 5.56 Å². The number of hydrogen-bond donors (Lipinski definition) is 1. The molecule has 1 heterocycles. The smallest absolute Gasteiger partial charge is 0.313 e. The van der Waals surface area contributed by atoms with Crippen LogP contribution < -0.4 is 5.56 Å². The molecule has 23 heavy (non-hydrogen) atoms. The van der Waals surface area contributed by atoms with Gasteiger partial charge < -0.3 is 4.98 Å². The van der Waals surface area contributed by atoms with Gasteiger partial charge in [0.15, 0.2) is 9.84 Å². The third kappa shape index (κ3) is 4.84. The van der Waals surface area contributed by atoms with Crippen molar-refractivity contribution < 1.29 is 21.6 Å². The number of hydrogen-bond acceptors (Lipinski definition) is 3. The molecule has 0 saturated heterocycles. The second kappa shape index (κ2) is 6.37. The minimum absolute atomic E-state index is 0.0151. The number of sulfone groups is 1. The number of aromatic amines is 1. The molecule has 124 valence electrons. The van der Waals surface area contributed by atoms with Crippen LogP contribution in [0.2, 0.25) is 5.15 Å². The number of rotatable bonds is 4. The van der Waals surface area contributed by atoms with Gasteiger partial charge >= 0.3 is 6.18 Å². The Morgan fingerprint density at radius 3 is 2.13 bits per heavy atom. The molecule has 1 N–H and O–H groups in total. The van der Waals surface area contributed by atoms with Gasteiger partial charge in [0.2, 0.25) is 0 Å². The van der Waals surface area contributed by atoms with E-state index in [0.29, 0.717) is 0 Å². The van der Waals surface area contributed by atoms with Gasteiger partial charge in [0, 0.05) is 5.56 Å². The Kier molecular flexibility index (Phi) is 4.86. The Balaban J connectivity index is 2.16. The van der Waals surface area contributed by atoms with Crippen molar-refractivity contribution in [2.24, 2.45) is 0 Å². The maximum atomic E-state index is 12.5. The van der Waals surface area contributed by atoms with Crippen molar-refractivity contribution >= 4 is 21.4 Å². The third-order valence-electron chi connectivity index (χ3n) is 3.00. The van der Waals surface area contributed by atoms with Gasteiger partial charge in [-0.05, 0) is 29.8 Å². The van der Waals surface area contributed by atoms with E-state index in [0.717, 1.165) is 24.3 Å². The molecular weight excluding hydrogens is 355 g/mol. The predicted molar refractivity (Wildman–Crippen MR) is 79.8 cm³/mol. The van der Waals surface area contributed by atoms with Crippen molar-refractivity contribution in [3.63, 3.8) is 0 Å². The zero-order valence-corrected chi connectivity index (χ0v) is 13.1. The number of alkyl halides is 3. The quantitative estimate of drug-likeness (QED) is 0.846. The van der Waals surface area contributed by atoms with E-state index in [9.17, 15) is 26.4 Å². The highest BCUT2D eigenvalue weighted by Gasteiger charge is 2.30. The van der Waals surface area contributed by atoms with Crippen molar-refractivity contribution in [3.05, 3.63) is 68.6 Å². The first-order chi connectivity index (χ1) is 10.6. The maximum absolute atomic E-state index is 12.5.